The summed E-state index contributed by atoms with van der Waals surface area (Å²) in [5.41, 5.74) is 6.81. The highest BCUT2D eigenvalue weighted by atomic mass is 127. The summed E-state index contributed by atoms with van der Waals surface area (Å²) in [5, 5.41) is 0. The monoisotopic (exact) mass is 398 g/mol. The summed E-state index contributed by atoms with van der Waals surface area (Å²) in [7, 11) is -4.57. The predicted molar refractivity (Wildman–Crippen MR) is 78.9 cm³/mol. The van der Waals surface area contributed by atoms with E-state index in [0.29, 0.717) is 11.4 Å². The number of rotatable bonds is 3. The van der Waals surface area contributed by atoms with Crippen LogP contribution in [-0.2, 0) is 15.0 Å². The van der Waals surface area contributed by atoms with Crippen molar-refractivity contribution in [2.24, 2.45) is 5.92 Å². The fraction of sp³-hybridized carbons (Fsp3) is 0.364. The lowest BCUT2D eigenvalue weighted by molar-refractivity contribution is -0.117. The summed E-state index contributed by atoms with van der Waals surface area (Å²) in [6, 6.07) is 5.24. The molecule has 2 N–H and O–H groups in total. The first-order valence-electron chi connectivity index (χ1n) is 5.54. The lowest BCUT2D eigenvalue weighted by atomic mass is 10.1. The lowest BCUT2D eigenvalue weighted by Crippen LogP contribution is -2.26. The van der Waals surface area contributed by atoms with Crippen LogP contribution in [0.2, 0.25) is 0 Å². The van der Waals surface area contributed by atoms with Gasteiger partial charge in [0.2, 0.25) is 5.91 Å². The van der Waals surface area contributed by atoms with Crippen LogP contribution in [0.5, 0.6) is 0 Å². The molecule has 0 aliphatic carbocycles. The van der Waals surface area contributed by atoms with E-state index in [1.807, 2.05) is 6.07 Å². The van der Waals surface area contributed by atoms with Crippen LogP contribution in [0.4, 0.5) is 15.3 Å². The Morgan fingerprint density at radius 2 is 2.16 bits per heavy atom. The molecule has 0 aromatic heterocycles. The fourth-order valence-corrected chi connectivity index (χ4v) is 3.42. The Morgan fingerprint density at radius 1 is 1.47 bits per heavy atom. The Balaban J connectivity index is 2.23. The van der Waals surface area contributed by atoms with Crippen molar-refractivity contribution in [1.29, 1.82) is 0 Å². The molecule has 1 aliphatic rings. The van der Waals surface area contributed by atoms with E-state index in [1.165, 1.54) is 4.90 Å². The van der Waals surface area contributed by atoms with Crippen molar-refractivity contribution < 1.29 is 17.1 Å². The third-order valence-corrected chi connectivity index (χ3v) is 4.46. The number of halogens is 2. The molecule has 1 unspecified atom stereocenters. The van der Waals surface area contributed by atoms with Gasteiger partial charge in [0, 0.05) is 22.5 Å². The van der Waals surface area contributed by atoms with Gasteiger partial charge in [-0.25, -0.2) is 0 Å². The first-order valence-corrected chi connectivity index (χ1v) is 8.17. The molecule has 1 atom stereocenters. The molecule has 0 spiro atoms. The first-order chi connectivity index (χ1) is 8.76. The van der Waals surface area contributed by atoms with Gasteiger partial charge >= 0.3 is 10.2 Å². The molecule has 0 bridgehead atoms. The Labute approximate surface area is 124 Å². The third-order valence-electron chi connectivity index (χ3n) is 2.92. The zero-order valence-electron chi connectivity index (χ0n) is 9.84. The summed E-state index contributed by atoms with van der Waals surface area (Å²) in [5.74, 6) is -1.39. The number of hydrogen-bond acceptors (Lipinski definition) is 4. The van der Waals surface area contributed by atoms with Crippen molar-refractivity contribution in [2.45, 2.75) is 6.42 Å². The molecule has 1 saturated heterocycles. The van der Waals surface area contributed by atoms with Crippen molar-refractivity contribution in [3.05, 3.63) is 21.8 Å². The SMILES string of the molecule is Nc1ccc(I)cc1N1CC(CS(=O)(=O)F)CC1=O. The predicted octanol–water partition coefficient (Wildman–Crippen LogP) is 1.53. The van der Waals surface area contributed by atoms with E-state index < -0.39 is 21.9 Å². The minimum absolute atomic E-state index is 0.0219. The molecule has 8 heteroatoms. The van der Waals surface area contributed by atoms with Gasteiger partial charge in [0.1, 0.15) is 0 Å². The second kappa shape index (κ2) is 5.23. The van der Waals surface area contributed by atoms with Crippen molar-refractivity contribution in [3.8, 4) is 0 Å². The largest absolute Gasteiger partial charge is 0.397 e. The molecule has 5 nitrogen and oxygen atoms in total. The molecule has 1 fully saturated rings. The maximum Gasteiger partial charge on any atom is 0.302 e. The molecule has 19 heavy (non-hydrogen) atoms. The van der Waals surface area contributed by atoms with E-state index in [2.05, 4.69) is 22.6 Å². The van der Waals surface area contributed by atoms with E-state index in [0.717, 1.165) is 3.57 Å². The average Bonchev–Trinajstić information content (AvgIpc) is 2.60. The van der Waals surface area contributed by atoms with Crippen LogP contribution in [0.15, 0.2) is 18.2 Å². The molecular formula is C11H12FIN2O3S. The molecule has 1 aliphatic heterocycles. The highest BCUT2D eigenvalue weighted by molar-refractivity contribution is 14.1. The summed E-state index contributed by atoms with van der Waals surface area (Å²) >= 11 is 2.09. The molecule has 0 radical (unpaired) electrons. The van der Waals surface area contributed by atoms with Crippen molar-refractivity contribution in [3.63, 3.8) is 0 Å². The van der Waals surface area contributed by atoms with Crippen molar-refractivity contribution in [2.75, 3.05) is 22.9 Å². The lowest BCUT2D eigenvalue weighted by Gasteiger charge is -2.18. The van der Waals surface area contributed by atoms with Crippen LogP contribution in [0.25, 0.3) is 0 Å². The van der Waals surface area contributed by atoms with Gasteiger partial charge in [-0.15, -0.1) is 3.89 Å². The molecule has 0 saturated carbocycles. The van der Waals surface area contributed by atoms with E-state index in [-0.39, 0.29) is 18.9 Å². The molecule has 1 heterocycles. The van der Waals surface area contributed by atoms with Gasteiger partial charge in [-0.3, -0.25) is 4.79 Å². The molecule has 1 aromatic carbocycles. The summed E-state index contributed by atoms with van der Waals surface area (Å²) in [4.78, 5) is 13.3. The summed E-state index contributed by atoms with van der Waals surface area (Å²) < 4.78 is 34.8. The minimum Gasteiger partial charge on any atom is -0.397 e. The summed E-state index contributed by atoms with van der Waals surface area (Å²) in [6.45, 7) is 0.173. The quantitative estimate of drug-likeness (QED) is 0.476. The maximum atomic E-state index is 12.7. The van der Waals surface area contributed by atoms with Crippen LogP contribution in [0.1, 0.15) is 6.42 Å². The minimum atomic E-state index is -4.57. The van der Waals surface area contributed by atoms with Gasteiger partial charge in [-0.2, -0.15) is 8.42 Å². The van der Waals surface area contributed by atoms with Gasteiger partial charge in [-0.1, -0.05) is 0 Å². The number of benzene rings is 1. The number of carbonyl (C=O) groups is 1. The van der Waals surface area contributed by atoms with Gasteiger partial charge in [0.15, 0.2) is 0 Å². The van der Waals surface area contributed by atoms with Gasteiger partial charge in [-0.05, 0) is 40.8 Å². The van der Waals surface area contributed by atoms with E-state index in [1.54, 1.807) is 12.1 Å². The number of nitrogen functional groups attached to an aromatic ring is 1. The van der Waals surface area contributed by atoms with Crippen LogP contribution >= 0.6 is 22.6 Å². The van der Waals surface area contributed by atoms with Gasteiger partial charge in [0.25, 0.3) is 0 Å². The average molecular weight is 398 g/mol. The Hall–Kier alpha value is -0.900. The maximum absolute atomic E-state index is 12.7. The summed E-state index contributed by atoms with van der Waals surface area (Å²) in [6.07, 6.45) is 0.0219. The van der Waals surface area contributed by atoms with E-state index >= 15 is 0 Å². The van der Waals surface area contributed by atoms with Gasteiger partial charge < -0.3 is 10.6 Å². The normalized spacial score (nSPS) is 20.0. The number of anilines is 2. The van der Waals surface area contributed by atoms with Crippen LogP contribution in [0.3, 0.4) is 0 Å². The highest BCUT2D eigenvalue weighted by Crippen LogP contribution is 2.31. The third kappa shape index (κ3) is 3.56. The van der Waals surface area contributed by atoms with E-state index in [9.17, 15) is 17.1 Å². The number of amides is 1. The number of nitrogens with zero attached hydrogens (tertiary/aromatic N) is 1. The Bertz CT molecular complexity index is 620. The smallest absolute Gasteiger partial charge is 0.302 e. The first kappa shape index (κ1) is 14.5. The number of hydrogen-bond donors (Lipinski definition) is 1. The standard InChI is InChI=1S/C11H12FIN2O3S/c12-19(17,18)6-7-3-11(16)15(5-7)10-4-8(13)1-2-9(10)14/h1-2,4,7H,3,5-6,14H2. The fourth-order valence-electron chi connectivity index (χ4n) is 2.16. The zero-order chi connectivity index (χ0) is 14.2. The van der Waals surface area contributed by atoms with Crippen LogP contribution < -0.4 is 10.6 Å². The second-order valence-corrected chi connectivity index (χ2v) is 7.14. The number of nitrogens with two attached hydrogens (primary N) is 1. The van der Waals surface area contributed by atoms with E-state index in [4.69, 9.17) is 5.73 Å². The zero-order valence-corrected chi connectivity index (χ0v) is 12.8. The Morgan fingerprint density at radius 3 is 2.79 bits per heavy atom. The van der Waals surface area contributed by atoms with Crippen LogP contribution in [-0.4, -0.2) is 26.6 Å². The van der Waals surface area contributed by atoms with Gasteiger partial charge in [0.05, 0.1) is 17.1 Å². The van der Waals surface area contributed by atoms with Crippen molar-refractivity contribution >= 4 is 50.1 Å². The second-order valence-electron chi connectivity index (χ2n) is 4.48. The highest BCUT2D eigenvalue weighted by Gasteiger charge is 2.34. The molecule has 1 amide bonds. The molecule has 1 aromatic rings. The molecule has 2 rings (SSSR count). The van der Waals surface area contributed by atoms with Crippen LogP contribution in [0, 0.1) is 9.49 Å². The number of carbonyl (C=O) groups excluding carboxylic acids is 1. The topological polar surface area (TPSA) is 80.5 Å². The molecule has 104 valence electrons. The molecular weight excluding hydrogens is 386 g/mol. The Kier molecular flexibility index (Phi) is 4.00. The van der Waals surface area contributed by atoms with Crippen molar-refractivity contribution in [1.82, 2.24) is 0 Å².